The third-order valence-corrected chi connectivity index (χ3v) is 7.00. The zero-order valence-corrected chi connectivity index (χ0v) is 23.5. The zero-order valence-electron chi connectivity index (χ0n) is 21.1. The molecule has 4 rings (SSSR count). The lowest BCUT2D eigenvalue weighted by molar-refractivity contribution is -0.128. The van der Waals surface area contributed by atoms with Crippen molar-refractivity contribution in [3.63, 3.8) is 0 Å². The number of hydrogen-bond acceptors (Lipinski definition) is 5. The van der Waals surface area contributed by atoms with Crippen LogP contribution in [0.25, 0.3) is 10.8 Å². The maximum absolute atomic E-state index is 14.0. The Labute approximate surface area is 230 Å². The molecule has 8 nitrogen and oxygen atoms in total. The van der Waals surface area contributed by atoms with E-state index in [1.165, 1.54) is 6.92 Å². The fourth-order valence-electron chi connectivity index (χ4n) is 4.44. The number of likely N-dealkylation sites (N-methyl/N-ethyl adjacent to an activating group) is 1. The van der Waals surface area contributed by atoms with Crippen LogP contribution in [0.15, 0.2) is 59.1 Å². The molecular weight excluding hydrogens is 560 g/mol. The van der Waals surface area contributed by atoms with E-state index >= 15 is 0 Å². The van der Waals surface area contributed by atoms with E-state index in [-0.39, 0.29) is 43.2 Å². The quantitative estimate of drug-likeness (QED) is 0.453. The second-order valence-corrected chi connectivity index (χ2v) is 9.64. The fourth-order valence-corrected chi connectivity index (χ4v) is 4.82. The largest absolute Gasteiger partial charge is 0.496 e. The minimum Gasteiger partial charge on any atom is -0.496 e. The molecule has 0 spiro atoms. The molecule has 196 valence electrons. The maximum atomic E-state index is 14.0. The standard InChI is InChI=1S/C27H29BrN4O4.ClH/c1-16(29-3)26(34)30-22-15-31(17(2)33)23-7-5-6-8-24(23)32(27(22)35)14-21-20-11-10-19(28)13-18(20)9-12-25(21)36-4;/h5-13,16,22,29H,14-15H2,1-4H3,(H,30,34);1H. The highest BCUT2D eigenvalue weighted by atomic mass is 79.9. The summed E-state index contributed by atoms with van der Waals surface area (Å²) in [6.07, 6.45) is 0. The summed E-state index contributed by atoms with van der Waals surface area (Å²) in [7, 11) is 3.27. The number of halogens is 2. The first-order valence-corrected chi connectivity index (χ1v) is 12.5. The van der Waals surface area contributed by atoms with E-state index in [9.17, 15) is 14.4 Å². The molecule has 1 aliphatic rings. The fraction of sp³-hybridized carbons (Fsp3) is 0.296. The second kappa shape index (κ2) is 11.9. The normalized spacial score (nSPS) is 15.9. The van der Waals surface area contributed by atoms with Gasteiger partial charge in [0.25, 0.3) is 5.91 Å². The van der Waals surface area contributed by atoms with Gasteiger partial charge in [0.15, 0.2) is 0 Å². The zero-order chi connectivity index (χ0) is 26.0. The molecule has 0 radical (unpaired) electrons. The minimum absolute atomic E-state index is 0. The average Bonchev–Trinajstić information content (AvgIpc) is 2.98. The molecular formula is C27H30BrClN4O4. The molecule has 3 amide bonds. The van der Waals surface area contributed by atoms with Gasteiger partial charge < -0.3 is 25.2 Å². The summed E-state index contributed by atoms with van der Waals surface area (Å²) in [5.41, 5.74) is 2.03. The van der Waals surface area contributed by atoms with Crippen molar-refractivity contribution < 1.29 is 19.1 Å². The first-order chi connectivity index (χ1) is 17.2. The minimum atomic E-state index is -0.931. The summed E-state index contributed by atoms with van der Waals surface area (Å²) in [5.74, 6) is -0.199. The summed E-state index contributed by atoms with van der Waals surface area (Å²) < 4.78 is 6.63. The predicted molar refractivity (Wildman–Crippen MR) is 152 cm³/mol. The van der Waals surface area contributed by atoms with Crippen molar-refractivity contribution in [3.8, 4) is 5.75 Å². The highest BCUT2D eigenvalue weighted by molar-refractivity contribution is 9.10. The Morgan fingerprint density at radius 1 is 1.14 bits per heavy atom. The van der Waals surface area contributed by atoms with Crippen LogP contribution in [0.1, 0.15) is 19.4 Å². The molecule has 10 heteroatoms. The molecule has 0 aliphatic carbocycles. The van der Waals surface area contributed by atoms with Crippen LogP contribution in [0.3, 0.4) is 0 Å². The Morgan fingerprint density at radius 3 is 2.49 bits per heavy atom. The van der Waals surface area contributed by atoms with Crippen LogP contribution in [0, 0.1) is 0 Å². The topological polar surface area (TPSA) is 91.0 Å². The lowest BCUT2D eigenvalue weighted by Gasteiger charge is -2.27. The second-order valence-electron chi connectivity index (χ2n) is 8.73. The van der Waals surface area contributed by atoms with Gasteiger partial charge in [-0.3, -0.25) is 14.4 Å². The first-order valence-electron chi connectivity index (χ1n) is 11.7. The van der Waals surface area contributed by atoms with Crippen LogP contribution in [-0.4, -0.2) is 50.5 Å². The third-order valence-electron chi connectivity index (χ3n) is 6.50. The Morgan fingerprint density at radius 2 is 1.84 bits per heavy atom. The number of carbonyl (C=O) groups is 3. The van der Waals surface area contributed by atoms with Crippen molar-refractivity contribution in [2.75, 3.05) is 30.5 Å². The summed E-state index contributed by atoms with van der Waals surface area (Å²) in [4.78, 5) is 42.6. The molecule has 1 heterocycles. The predicted octanol–water partition coefficient (Wildman–Crippen LogP) is 4.03. The number of nitrogens with zero attached hydrogens (tertiary/aromatic N) is 2. The van der Waals surface area contributed by atoms with Gasteiger partial charge in [-0.05, 0) is 55.1 Å². The van der Waals surface area contributed by atoms with Crippen LogP contribution in [0.2, 0.25) is 0 Å². The number of para-hydroxylation sites is 2. The number of nitrogens with one attached hydrogen (secondary N) is 2. The molecule has 37 heavy (non-hydrogen) atoms. The lowest BCUT2D eigenvalue weighted by atomic mass is 10.0. The van der Waals surface area contributed by atoms with Gasteiger partial charge in [-0.2, -0.15) is 0 Å². The number of anilines is 2. The Balaban J connectivity index is 0.00000380. The Hall–Kier alpha value is -3.14. The number of ether oxygens (including phenoxy) is 1. The average molecular weight is 590 g/mol. The molecule has 0 saturated heterocycles. The van der Waals surface area contributed by atoms with E-state index in [1.54, 1.807) is 30.9 Å². The number of fused-ring (bicyclic) bond motifs is 2. The van der Waals surface area contributed by atoms with Crippen LogP contribution in [-0.2, 0) is 20.9 Å². The molecule has 3 aromatic carbocycles. The highest BCUT2D eigenvalue weighted by Crippen LogP contribution is 2.37. The van der Waals surface area contributed by atoms with Crippen LogP contribution in [0.4, 0.5) is 11.4 Å². The molecule has 3 aromatic rings. The molecule has 2 atom stereocenters. The van der Waals surface area contributed by atoms with Gasteiger partial charge in [0.1, 0.15) is 11.8 Å². The van der Waals surface area contributed by atoms with Crippen molar-refractivity contribution in [2.45, 2.75) is 32.5 Å². The van der Waals surface area contributed by atoms with Gasteiger partial charge in [-0.25, -0.2) is 0 Å². The number of carbonyl (C=O) groups excluding carboxylic acids is 3. The van der Waals surface area contributed by atoms with Gasteiger partial charge in [0, 0.05) is 17.0 Å². The lowest BCUT2D eigenvalue weighted by Crippen LogP contribution is -2.55. The number of hydrogen-bond donors (Lipinski definition) is 2. The number of rotatable bonds is 6. The van der Waals surface area contributed by atoms with Gasteiger partial charge >= 0.3 is 0 Å². The molecule has 2 N–H and O–H groups in total. The van der Waals surface area contributed by atoms with Gasteiger partial charge in [0.2, 0.25) is 11.8 Å². The van der Waals surface area contributed by atoms with E-state index in [2.05, 4.69) is 26.6 Å². The van der Waals surface area contributed by atoms with Crippen molar-refractivity contribution >= 4 is 68.2 Å². The SMILES string of the molecule is CNC(C)C(=O)NC1CN(C(C)=O)c2ccccc2N(Cc2c(OC)ccc3cc(Br)ccc23)C1=O.Cl. The monoisotopic (exact) mass is 588 g/mol. The van der Waals surface area contributed by atoms with E-state index in [4.69, 9.17) is 4.74 Å². The maximum Gasteiger partial charge on any atom is 0.251 e. The summed E-state index contributed by atoms with van der Waals surface area (Å²) >= 11 is 3.52. The van der Waals surface area contributed by atoms with Gasteiger partial charge in [-0.1, -0.05) is 40.2 Å². The van der Waals surface area contributed by atoms with Gasteiger partial charge in [0.05, 0.1) is 37.6 Å². The highest BCUT2D eigenvalue weighted by Gasteiger charge is 2.37. The third kappa shape index (κ3) is 5.74. The number of amides is 3. The van der Waals surface area contributed by atoms with Crippen molar-refractivity contribution in [2.24, 2.45) is 0 Å². The first kappa shape index (κ1) is 28.4. The molecule has 0 aromatic heterocycles. The molecule has 1 aliphatic heterocycles. The van der Waals surface area contributed by atoms with Crippen LogP contribution in [0.5, 0.6) is 5.75 Å². The Kier molecular flexibility index (Phi) is 9.17. The van der Waals surface area contributed by atoms with Crippen molar-refractivity contribution in [3.05, 3.63) is 64.6 Å². The molecule has 2 unspecified atom stereocenters. The van der Waals surface area contributed by atoms with E-state index in [0.717, 1.165) is 20.8 Å². The van der Waals surface area contributed by atoms with E-state index < -0.39 is 12.1 Å². The summed E-state index contributed by atoms with van der Waals surface area (Å²) in [6, 6.07) is 15.7. The molecule has 0 saturated carbocycles. The van der Waals surface area contributed by atoms with E-state index in [1.807, 2.05) is 54.6 Å². The van der Waals surface area contributed by atoms with Crippen molar-refractivity contribution in [1.82, 2.24) is 10.6 Å². The molecule has 0 bridgehead atoms. The number of benzene rings is 3. The summed E-state index contributed by atoms with van der Waals surface area (Å²) in [5, 5.41) is 7.67. The smallest absolute Gasteiger partial charge is 0.251 e. The van der Waals surface area contributed by atoms with Crippen LogP contribution >= 0.6 is 28.3 Å². The number of methoxy groups -OCH3 is 1. The Bertz CT molecular complexity index is 1340. The van der Waals surface area contributed by atoms with Gasteiger partial charge in [-0.15, -0.1) is 12.4 Å². The molecule has 0 fully saturated rings. The van der Waals surface area contributed by atoms with Crippen molar-refractivity contribution in [1.29, 1.82) is 0 Å². The van der Waals surface area contributed by atoms with Crippen LogP contribution < -0.4 is 25.2 Å². The summed E-state index contributed by atoms with van der Waals surface area (Å²) in [6.45, 7) is 3.39. The van der Waals surface area contributed by atoms with E-state index in [0.29, 0.717) is 17.1 Å².